The van der Waals surface area contributed by atoms with Crippen LogP contribution in [0.25, 0.3) is 0 Å². The minimum absolute atomic E-state index is 0.00000719. The van der Waals surface area contributed by atoms with E-state index in [1.165, 1.54) is 11.8 Å². The lowest BCUT2D eigenvalue weighted by atomic mass is 10.00. The molecule has 19 N–H and O–H groups in total. The molecule has 0 aromatic rings. The van der Waals surface area contributed by atoms with Crippen LogP contribution in [0.3, 0.4) is 0 Å². The van der Waals surface area contributed by atoms with E-state index in [9.17, 15) is 77.0 Å². The maximum atomic E-state index is 13.9. The van der Waals surface area contributed by atoms with Crippen molar-refractivity contribution in [2.45, 2.75) is 196 Å². The van der Waals surface area contributed by atoms with Crippen LogP contribution in [-0.2, 0) is 71.9 Å². The summed E-state index contributed by atoms with van der Waals surface area (Å²) in [5, 5.41) is 45.2. The molecule has 0 aromatic heterocycles. The Hall–Kier alpha value is -7.68. The number of amides is 15. The second kappa shape index (κ2) is 45.6. The molecule has 15 amide bonds. The van der Waals surface area contributed by atoms with E-state index in [1.807, 2.05) is 41.5 Å². The largest absolute Gasteiger partial charge is 0.394 e. The van der Waals surface area contributed by atoms with E-state index >= 15 is 0 Å². The molecule has 0 aliphatic carbocycles. The van der Waals surface area contributed by atoms with E-state index in [-0.39, 0.29) is 87.0 Å². The van der Waals surface area contributed by atoms with Crippen LogP contribution >= 0.6 is 11.8 Å². The number of primary amides is 1. The summed E-state index contributed by atoms with van der Waals surface area (Å²) in [6, 6.07) is -10.8. The number of nitrogens with one attached hydrogen (secondary N) is 14. The van der Waals surface area contributed by atoms with Crippen LogP contribution in [0, 0.1) is 41.4 Å². The summed E-state index contributed by atoms with van der Waals surface area (Å²) in [6.07, 6.45) is 2.86. The van der Waals surface area contributed by atoms with Crippen LogP contribution in [0.4, 0.5) is 0 Å². The number of hydrogen-bond acceptors (Lipinski definition) is 18. The van der Waals surface area contributed by atoms with Crippen LogP contribution in [0.5, 0.6) is 0 Å². The molecule has 0 aromatic carbocycles. The fourth-order valence-electron chi connectivity index (χ4n) is 9.16. The first-order chi connectivity index (χ1) is 43.8. The van der Waals surface area contributed by atoms with E-state index < -0.39 is 188 Å². The minimum Gasteiger partial charge on any atom is -0.394 e. The van der Waals surface area contributed by atoms with Crippen molar-refractivity contribution in [3.63, 3.8) is 0 Å². The highest BCUT2D eigenvalue weighted by Gasteiger charge is 2.34. The molecule has 0 radical (unpaired) electrons. The quantitative estimate of drug-likeness (QED) is 0.0277. The highest BCUT2D eigenvalue weighted by Crippen LogP contribution is 2.13. The average Bonchev–Trinajstić information content (AvgIpc) is 0.928. The van der Waals surface area contributed by atoms with Crippen LogP contribution in [-0.4, -0.2) is 206 Å². The predicted molar refractivity (Wildman–Crippen MR) is 352 cm³/mol. The lowest BCUT2D eigenvalue weighted by molar-refractivity contribution is -0.135. The van der Waals surface area contributed by atoms with Crippen molar-refractivity contribution in [3.8, 4) is 0 Å². The average molecular weight is 1360 g/mol. The first-order valence-corrected chi connectivity index (χ1v) is 33.4. The topological polar surface area (TPSA) is 497 Å². The molecule has 9 atom stereocenters. The Balaban J connectivity index is 5.83. The summed E-state index contributed by atoms with van der Waals surface area (Å²) in [5.41, 5.74) is 10.8. The number of aliphatic hydroxyl groups is 1. The van der Waals surface area contributed by atoms with E-state index in [4.69, 9.17) is 11.5 Å². The standard InChI is InChI=1S/C61H110N16O16S/c1-31(2)18-39(53(63)85)70-50(83)28-66-54(86)40(19-32(3)4)72-48(81)26-64-47(80)25-65-55(87)41(20-33(5)6)75-59(91)44(23-36(11)12)76-60(92)45(30-78)73-51(84)29-68-61(93)52(37(13)14)77-57(89)38(16-17-94-15)69-49(82)27-67-56(88)42(21-34(7)8)74-58(90)43(22-35(9)10)71-46(79)24-62/h31-45,52,78H,16-30,62H2,1-15H3,(H2,63,85)(H,64,80)(H,65,87)(H,66,86)(H,67,88)(H,68,93)(H,69,82)(H,70,83)(H,71,79)(H,72,81)(H,73,84)(H,74,90)(H,75,91)(H,76,92)(H,77,89)/t38-,39-,40-,41-,42-,43-,44-,45-,52-/m0/s1. The van der Waals surface area contributed by atoms with E-state index in [0.29, 0.717) is 5.75 Å². The molecule has 33 heteroatoms. The van der Waals surface area contributed by atoms with Crippen LogP contribution in [0.15, 0.2) is 0 Å². The van der Waals surface area contributed by atoms with Crippen molar-refractivity contribution in [1.82, 2.24) is 74.4 Å². The Labute approximate surface area is 556 Å². The number of hydrogen-bond donors (Lipinski definition) is 17. The molecule has 536 valence electrons. The Morgan fingerprint density at radius 2 is 0.606 bits per heavy atom. The fourth-order valence-corrected chi connectivity index (χ4v) is 9.63. The summed E-state index contributed by atoms with van der Waals surface area (Å²) >= 11 is 1.37. The molecule has 0 aliphatic rings. The monoisotopic (exact) mass is 1350 g/mol. The Morgan fingerprint density at radius 3 is 0.957 bits per heavy atom. The zero-order chi connectivity index (χ0) is 72.1. The van der Waals surface area contributed by atoms with Gasteiger partial charge in [-0.2, -0.15) is 11.8 Å². The lowest BCUT2D eigenvalue weighted by Gasteiger charge is -2.27. The second-order valence-corrected chi connectivity index (χ2v) is 27.0. The van der Waals surface area contributed by atoms with Crippen LogP contribution < -0.4 is 85.9 Å². The molecule has 0 spiro atoms. The Kier molecular flexibility index (Phi) is 41.9. The molecular weight excluding hydrogens is 1240 g/mol. The Morgan fingerprint density at radius 1 is 0.330 bits per heavy atom. The van der Waals surface area contributed by atoms with Gasteiger partial charge in [-0.3, -0.25) is 71.9 Å². The van der Waals surface area contributed by atoms with Crippen molar-refractivity contribution >= 4 is 100 Å². The van der Waals surface area contributed by atoms with Crippen molar-refractivity contribution in [2.24, 2.45) is 52.9 Å². The van der Waals surface area contributed by atoms with Crippen LogP contribution in [0.1, 0.15) is 142 Å². The number of nitrogens with two attached hydrogens (primary N) is 2. The first kappa shape index (κ1) is 86.3. The van der Waals surface area contributed by atoms with Crippen molar-refractivity contribution in [2.75, 3.05) is 57.9 Å². The van der Waals surface area contributed by atoms with Crippen LogP contribution in [0.2, 0.25) is 0 Å². The molecule has 0 unspecified atom stereocenters. The van der Waals surface area contributed by atoms with Gasteiger partial charge in [0.25, 0.3) is 0 Å². The van der Waals surface area contributed by atoms with Gasteiger partial charge >= 0.3 is 0 Å². The van der Waals surface area contributed by atoms with Gasteiger partial charge in [-0.1, -0.05) is 96.9 Å². The predicted octanol–water partition coefficient (Wildman–Crippen LogP) is -3.95. The lowest BCUT2D eigenvalue weighted by Crippen LogP contribution is -2.59. The minimum atomic E-state index is -1.65. The van der Waals surface area contributed by atoms with E-state index in [2.05, 4.69) is 74.4 Å². The van der Waals surface area contributed by atoms with Gasteiger partial charge in [0, 0.05) is 0 Å². The molecular formula is C61H110N16O16S. The summed E-state index contributed by atoms with van der Waals surface area (Å²) in [5.74, 6) is -12.2. The SMILES string of the molecule is CSCC[C@H](NC(=O)CNC(=O)[C@H](CC(C)C)NC(=O)[C@H](CC(C)C)NC(=O)CN)C(=O)N[C@H](C(=O)NCC(=O)N[C@@H](CO)C(=O)N[C@@H](CC(C)C)C(=O)N[C@@H](CC(C)C)C(=O)NCC(=O)NCC(=O)N[C@@H](CC(C)C)C(=O)NCC(=O)N[C@@H](CC(C)C)C(N)=O)C(C)C. The molecule has 0 saturated carbocycles. The number of aliphatic hydroxyl groups excluding tert-OH is 1. The number of rotatable bonds is 46. The summed E-state index contributed by atoms with van der Waals surface area (Å²) in [6.45, 7) is 20.5. The van der Waals surface area contributed by atoms with Gasteiger partial charge in [0.05, 0.1) is 45.9 Å². The van der Waals surface area contributed by atoms with Crippen molar-refractivity contribution in [3.05, 3.63) is 0 Å². The van der Waals surface area contributed by atoms with Gasteiger partial charge in [0.1, 0.15) is 54.4 Å². The molecule has 0 aliphatic heterocycles. The first-order valence-electron chi connectivity index (χ1n) is 32.0. The molecule has 0 heterocycles. The van der Waals surface area contributed by atoms with Gasteiger partial charge in [-0.25, -0.2) is 0 Å². The molecule has 0 fully saturated rings. The summed E-state index contributed by atoms with van der Waals surface area (Å²) in [7, 11) is 0. The van der Waals surface area contributed by atoms with Gasteiger partial charge in [-0.05, 0) is 98.4 Å². The molecule has 94 heavy (non-hydrogen) atoms. The van der Waals surface area contributed by atoms with Crippen molar-refractivity contribution in [1.29, 1.82) is 0 Å². The number of carbonyl (C=O) groups is 15. The molecule has 32 nitrogen and oxygen atoms in total. The third-order valence-electron chi connectivity index (χ3n) is 13.8. The normalized spacial score (nSPS) is 14.2. The Bertz CT molecular complexity index is 2540. The number of thioether (sulfide) groups is 1. The van der Waals surface area contributed by atoms with Gasteiger partial charge in [-0.15, -0.1) is 0 Å². The zero-order valence-corrected chi connectivity index (χ0v) is 58.3. The maximum Gasteiger partial charge on any atom is 0.245 e. The van der Waals surface area contributed by atoms with Gasteiger partial charge in [0.15, 0.2) is 0 Å². The maximum absolute atomic E-state index is 13.9. The summed E-state index contributed by atoms with van der Waals surface area (Å²) in [4.78, 5) is 197. The third kappa shape index (κ3) is 37.3. The summed E-state index contributed by atoms with van der Waals surface area (Å²) < 4.78 is 0. The molecule has 0 bridgehead atoms. The molecule has 0 rings (SSSR count). The highest BCUT2D eigenvalue weighted by atomic mass is 32.2. The van der Waals surface area contributed by atoms with E-state index in [1.54, 1.807) is 61.6 Å². The molecule has 0 saturated heterocycles. The number of carbonyl (C=O) groups excluding carboxylic acids is 15. The fraction of sp³-hybridized carbons (Fsp3) is 0.754. The van der Waals surface area contributed by atoms with E-state index in [0.717, 1.165) is 0 Å². The van der Waals surface area contributed by atoms with Gasteiger partial charge in [0.2, 0.25) is 88.6 Å². The second-order valence-electron chi connectivity index (χ2n) is 26.0. The van der Waals surface area contributed by atoms with Crippen molar-refractivity contribution < 1.29 is 77.0 Å². The third-order valence-corrected chi connectivity index (χ3v) is 14.4. The highest BCUT2D eigenvalue weighted by molar-refractivity contribution is 7.98. The zero-order valence-electron chi connectivity index (χ0n) is 57.5. The smallest absolute Gasteiger partial charge is 0.245 e. The van der Waals surface area contributed by atoms with Gasteiger partial charge < -0.3 is 91.0 Å².